The van der Waals surface area contributed by atoms with Crippen LogP contribution in [0.15, 0.2) is 0 Å². The Morgan fingerprint density at radius 3 is 2.07 bits per heavy atom. The molecule has 1 N–H and O–H groups in total. The average Bonchev–Trinajstić information content (AvgIpc) is 2.19. The molecular weight excluding hydrogens is 180 g/mol. The number of hydrogen-bond acceptors (Lipinski definition) is 2. The fourth-order valence-electron chi connectivity index (χ4n) is 2.10. The van der Waals surface area contributed by atoms with Gasteiger partial charge in [0.2, 0.25) is 0 Å². The number of urea groups is 1. The summed E-state index contributed by atoms with van der Waals surface area (Å²) in [6, 6.07) is -0.234. The van der Waals surface area contributed by atoms with Crippen LogP contribution in [-0.4, -0.2) is 27.9 Å². The number of nitrogens with zero attached hydrogens (tertiary/aromatic N) is 1. The quantitative estimate of drug-likeness (QED) is 0.593. The van der Waals surface area contributed by atoms with Gasteiger partial charge in [-0.3, -0.25) is 9.69 Å². The van der Waals surface area contributed by atoms with Gasteiger partial charge in [0.1, 0.15) is 5.54 Å². The van der Waals surface area contributed by atoms with E-state index in [0.717, 1.165) is 19.3 Å². The third-order valence-electron chi connectivity index (χ3n) is 3.04. The van der Waals surface area contributed by atoms with Crippen molar-refractivity contribution >= 4 is 11.9 Å². The lowest BCUT2D eigenvalue weighted by Gasteiger charge is -2.36. The number of nitrogens with one attached hydrogen (secondary N) is 1. The normalized spacial score (nSPS) is 25.2. The summed E-state index contributed by atoms with van der Waals surface area (Å²) in [6.45, 7) is 5.63. The summed E-state index contributed by atoms with van der Waals surface area (Å²) in [5, 5.41) is 2.81. The van der Waals surface area contributed by atoms with E-state index in [2.05, 4.69) is 5.32 Å². The van der Waals surface area contributed by atoms with Crippen LogP contribution in [0, 0.1) is 0 Å². The molecule has 2 aliphatic rings. The maximum Gasteiger partial charge on any atom is 0.325 e. The van der Waals surface area contributed by atoms with Crippen molar-refractivity contribution in [2.75, 3.05) is 0 Å². The molecule has 0 bridgehead atoms. The molecule has 0 unspecified atom stereocenters. The molecule has 2 fully saturated rings. The fraction of sp³-hybridized carbons (Fsp3) is 0.800. The van der Waals surface area contributed by atoms with Crippen LogP contribution in [0.25, 0.3) is 0 Å². The van der Waals surface area contributed by atoms with Gasteiger partial charge >= 0.3 is 6.03 Å². The smallest absolute Gasteiger partial charge is 0.323 e. The first-order chi connectivity index (χ1) is 6.37. The molecule has 4 nitrogen and oxygen atoms in total. The predicted octanol–water partition coefficient (Wildman–Crippen LogP) is 1.26. The van der Waals surface area contributed by atoms with Gasteiger partial charge in [-0.1, -0.05) is 0 Å². The molecule has 0 radical (unpaired) electrons. The van der Waals surface area contributed by atoms with Gasteiger partial charge < -0.3 is 5.32 Å². The standard InChI is InChI=1S/C10H16N2O2/c1-9(2,3)12-7(13)10(5-4-6-10)11-8(12)14/h4-6H2,1-3H3,(H,11,14). The largest absolute Gasteiger partial charge is 0.325 e. The molecule has 78 valence electrons. The van der Waals surface area contributed by atoms with Gasteiger partial charge in [0.25, 0.3) is 5.91 Å². The Balaban J connectivity index is 2.29. The highest BCUT2D eigenvalue weighted by Crippen LogP contribution is 2.39. The topological polar surface area (TPSA) is 49.4 Å². The minimum absolute atomic E-state index is 0.0405. The second-order valence-electron chi connectivity index (χ2n) is 5.18. The van der Waals surface area contributed by atoms with Gasteiger partial charge in [0, 0.05) is 5.54 Å². The zero-order valence-corrected chi connectivity index (χ0v) is 8.89. The van der Waals surface area contributed by atoms with E-state index in [9.17, 15) is 9.59 Å². The number of imide groups is 1. The monoisotopic (exact) mass is 196 g/mol. The molecule has 1 aliphatic carbocycles. The van der Waals surface area contributed by atoms with Crippen molar-refractivity contribution in [3.05, 3.63) is 0 Å². The number of amides is 3. The van der Waals surface area contributed by atoms with E-state index < -0.39 is 11.1 Å². The van der Waals surface area contributed by atoms with E-state index in [1.807, 2.05) is 20.8 Å². The van der Waals surface area contributed by atoms with Gasteiger partial charge in [0.15, 0.2) is 0 Å². The summed E-state index contributed by atoms with van der Waals surface area (Å²) in [6.07, 6.45) is 2.62. The molecular formula is C10H16N2O2. The predicted molar refractivity (Wildman–Crippen MR) is 51.7 cm³/mol. The Hall–Kier alpha value is -1.06. The van der Waals surface area contributed by atoms with Gasteiger partial charge in [-0.25, -0.2) is 4.79 Å². The molecule has 1 saturated carbocycles. The molecule has 1 saturated heterocycles. The lowest BCUT2D eigenvalue weighted by atomic mass is 9.76. The first-order valence-electron chi connectivity index (χ1n) is 5.04. The number of carbonyl (C=O) groups excluding carboxylic acids is 2. The maximum absolute atomic E-state index is 12.0. The minimum atomic E-state index is -0.537. The molecule has 0 atom stereocenters. The highest BCUT2D eigenvalue weighted by molar-refractivity contribution is 6.08. The zero-order valence-electron chi connectivity index (χ0n) is 8.89. The Kier molecular flexibility index (Phi) is 1.69. The number of rotatable bonds is 0. The van der Waals surface area contributed by atoms with E-state index in [1.165, 1.54) is 4.90 Å². The second-order valence-corrected chi connectivity index (χ2v) is 5.18. The Bertz CT molecular complexity index is 300. The Morgan fingerprint density at radius 1 is 1.29 bits per heavy atom. The highest BCUT2D eigenvalue weighted by atomic mass is 16.2. The van der Waals surface area contributed by atoms with E-state index in [4.69, 9.17) is 0 Å². The van der Waals surface area contributed by atoms with Crippen molar-refractivity contribution in [3.8, 4) is 0 Å². The summed E-state index contributed by atoms with van der Waals surface area (Å²) >= 11 is 0. The van der Waals surface area contributed by atoms with Gasteiger partial charge in [0.05, 0.1) is 0 Å². The molecule has 0 aromatic rings. The molecule has 2 rings (SSSR count). The van der Waals surface area contributed by atoms with Crippen molar-refractivity contribution in [1.82, 2.24) is 10.2 Å². The van der Waals surface area contributed by atoms with Gasteiger partial charge in [-0.05, 0) is 40.0 Å². The van der Waals surface area contributed by atoms with Crippen molar-refractivity contribution in [2.45, 2.75) is 51.1 Å². The Labute approximate surface area is 83.6 Å². The maximum atomic E-state index is 12.0. The molecule has 0 aromatic carbocycles. The van der Waals surface area contributed by atoms with Crippen LogP contribution < -0.4 is 5.32 Å². The van der Waals surface area contributed by atoms with Crippen LogP contribution in [-0.2, 0) is 4.79 Å². The van der Waals surface area contributed by atoms with Gasteiger partial charge in [-0.2, -0.15) is 0 Å². The minimum Gasteiger partial charge on any atom is -0.323 e. The molecule has 0 aromatic heterocycles. The van der Waals surface area contributed by atoms with Gasteiger partial charge in [-0.15, -0.1) is 0 Å². The van der Waals surface area contributed by atoms with Crippen LogP contribution in [0.5, 0.6) is 0 Å². The third kappa shape index (κ3) is 1.06. The summed E-state index contributed by atoms with van der Waals surface area (Å²) < 4.78 is 0. The fourth-order valence-corrected chi connectivity index (χ4v) is 2.10. The van der Waals surface area contributed by atoms with E-state index in [0.29, 0.717) is 0 Å². The Morgan fingerprint density at radius 2 is 1.86 bits per heavy atom. The lowest BCUT2D eigenvalue weighted by Crippen LogP contribution is -2.54. The van der Waals surface area contributed by atoms with Crippen LogP contribution >= 0.6 is 0 Å². The van der Waals surface area contributed by atoms with E-state index >= 15 is 0 Å². The van der Waals surface area contributed by atoms with Crippen molar-refractivity contribution in [3.63, 3.8) is 0 Å². The first kappa shape index (κ1) is 9.49. The lowest BCUT2D eigenvalue weighted by molar-refractivity contribution is -0.137. The summed E-state index contributed by atoms with van der Waals surface area (Å²) in [4.78, 5) is 25.0. The van der Waals surface area contributed by atoms with Crippen LogP contribution in [0.2, 0.25) is 0 Å². The summed E-state index contributed by atoms with van der Waals surface area (Å²) in [5.41, 5.74) is -0.954. The first-order valence-corrected chi connectivity index (χ1v) is 5.04. The summed E-state index contributed by atoms with van der Waals surface area (Å²) in [5.74, 6) is -0.0405. The van der Waals surface area contributed by atoms with Crippen molar-refractivity contribution in [1.29, 1.82) is 0 Å². The molecule has 4 heteroatoms. The molecule has 3 amide bonds. The average molecular weight is 196 g/mol. The molecule has 14 heavy (non-hydrogen) atoms. The molecule has 1 heterocycles. The third-order valence-corrected chi connectivity index (χ3v) is 3.04. The second kappa shape index (κ2) is 2.49. The number of carbonyl (C=O) groups is 2. The van der Waals surface area contributed by atoms with Crippen molar-refractivity contribution in [2.24, 2.45) is 0 Å². The molecule has 1 spiro atoms. The molecule has 1 aliphatic heterocycles. The van der Waals surface area contributed by atoms with Crippen LogP contribution in [0.4, 0.5) is 4.79 Å². The van der Waals surface area contributed by atoms with E-state index in [1.54, 1.807) is 0 Å². The number of hydrogen-bond donors (Lipinski definition) is 1. The van der Waals surface area contributed by atoms with Crippen LogP contribution in [0.3, 0.4) is 0 Å². The highest BCUT2D eigenvalue weighted by Gasteiger charge is 2.57. The van der Waals surface area contributed by atoms with Crippen LogP contribution in [0.1, 0.15) is 40.0 Å². The SMILES string of the molecule is CC(C)(C)N1C(=O)NC2(CCC2)C1=O. The van der Waals surface area contributed by atoms with E-state index in [-0.39, 0.29) is 11.9 Å². The van der Waals surface area contributed by atoms with Crippen molar-refractivity contribution < 1.29 is 9.59 Å². The summed E-state index contributed by atoms with van der Waals surface area (Å²) in [7, 11) is 0. The zero-order chi connectivity index (χ0) is 10.6.